The second-order valence-corrected chi connectivity index (χ2v) is 8.21. The minimum Gasteiger partial charge on any atom is -0.366 e. The van der Waals surface area contributed by atoms with E-state index in [9.17, 15) is 22.4 Å². The van der Waals surface area contributed by atoms with E-state index in [1.807, 2.05) is 4.90 Å². The van der Waals surface area contributed by atoms with Crippen molar-refractivity contribution in [3.05, 3.63) is 52.9 Å². The zero-order valence-electron chi connectivity index (χ0n) is 15.9. The summed E-state index contributed by atoms with van der Waals surface area (Å²) in [6.45, 7) is 1.79. The smallest absolute Gasteiger partial charge is 0.366 e. The van der Waals surface area contributed by atoms with Gasteiger partial charge in [0.05, 0.1) is 22.0 Å². The fourth-order valence-electron chi connectivity index (χ4n) is 3.31. The number of benzene rings is 1. The Balaban J connectivity index is 1.40. The van der Waals surface area contributed by atoms with Gasteiger partial charge in [-0.05, 0) is 18.2 Å². The molecule has 0 radical (unpaired) electrons. The van der Waals surface area contributed by atoms with Gasteiger partial charge in [0, 0.05) is 32.4 Å². The first-order valence-corrected chi connectivity index (χ1v) is 10.6. The van der Waals surface area contributed by atoms with Crippen LogP contribution in [-0.2, 0) is 11.0 Å². The molecule has 0 saturated carbocycles. The zero-order valence-corrected chi connectivity index (χ0v) is 17.5. The van der Waals surface area contributed by atoms with Gasteiger partial charge in [-0.25, -0.2) is 4.39 Å². The van der Waals surface area contributed by atoms with E-state index in [-0.39, 0.29) is 33.3 Å². The van der Waals surface area contributed by atoms with Gasteiger partial charge in [-0.15, -0.1) is 10.2 Å². The van der Waals surface area contributed by atoms with Gasteiger partial charge in [-0.3, -0.25) is 9.20 Å². The van der Waals surface area contributed by atoms with E-state index in [2.05, 4.69) is 10.2 Å². The van der Waals surface area contributed by atoms with Crippen molar-refractivity contribution >= 4 is 40.6 Å². The Bertz CT molecular complexity index is 1110. The van der Waals surface area contributed by atoms with Crippen molar-refractivity contribution in [3.8, 4) is 0 Å². The molecular weight excluding hydrogens is 458 g/mol. The highest BCUT2D eigenvalue weighted by molar-refractivity contribution is 7.99. The molecule has 0 atom stereocenters. The Morgan fingerprint density at radius 3 is 2.52 bits per heavy atom. The monoisotopic (exact) mass is 473 g/mol. The number of halogens is 5. The number of thioether (sulfide) groups is 1. The average molecular weight is 474 g/mol. The Morgan fingerprint density at radius 2 is 1.84 bits per heavy atom. The number of hydrogen-bond donors (Lipinski definition) is 0. The second kappa shape index (κ2) is 8.54. The van der Waals surface area contributed by atoms with Crippen LogP contribution in [0.3, 0.4) is 0 Å². The first kappa shape index (κ1) is 21.7. The third-order valence-electron chi connectivity index (χ3n) is 4.91. The number of para-hydroxylation sites is 1. The summed E-state index contributed by atoms with van der Waals surface area (Å²) in [5.41, 5.74) is -0.346. The number of hydrogen-bond acceptors (Lipinski definition) is 5. The number of anilines is 1. The number of rotatable bonds is 4. The Morgan fingerprint density at radius 1 is 1.13 bits per heavy atom. The third-order valence-corrected chi connectivity index (χ3v) is 6.11. The molecule has 0 aliphatic carbocycles. The predicted octanol–water partition coefficient (Wildman–Crippen LogP) is 3.98. The van der Waals surface area contributed by atoms with Crippen LogP contribution in [0, 0.1) is 5.82 Å². The number of fused-ring (bicyclic) bond motifs is 1. The van der Waals surface area contributed by atoms with E-state index in [0.29, 0.717) is 31.9 Å². The molecule has 2 aromatic heterocycles. The van der Waals surface area contributed by atoms with Crippen LogP contribution in [0.4, 0.5) is 23.2 Å². The first-order chi connectivity index (χ1) is 14.7. The van der Waals surface area contributed by atoms with Crippen LogP contribution in [-0.4, -0.2) is 57.3 Å². The predicted molar refractivity (Wildman–Crippen MR) is 109 cm³/mol. The number of amides is 1. The minimum atomic E-state index is -4.57. The van der Waals surface area contributed by atoms with Gasteiger partial charge in [0.1, 0.15) is 5.82 Å². The van der Waals surface area contributed by atoms with Crippen molar-refractivity contribution in [1.82, 2.24) is 19.5 Å². The zero-order chi connectivity index (χ0) is 22.2. The first-order valence-electron chi connectivity index (χ1n) is 9.25. The summed E-state index contributed by atoms with van der Waals surface area (Å²) in [7, 11) is 0. The van der Waals surface area contributed by atoms with E-state index in [1.165, 1.54) is 6.07 Å². The molecule has 12 heteroatoms. The Labute approximate surface area is 183 Å². The molecule has 1 aliphatic heterocycles. The lowest BCUT2D eigenvalue weighted by Crippen LogP contribution is -2.49. The molecular formula is C19H16ClF4N5OS. The Kier molecular flexibility index (Phi) is 5.98. The van der Waals surface area contributed by atoms with Crippen molar-refractivity contribution in [3.63, 3.8) is 0 Å². The summed E-state index contributed by atoms with van der Waals surface area (Å²) in [5.74, 6) is -0.518. The van der Waals surface area contributed by atoms with Gasteiger partial charge in [0.25, 0.3) is 0 Å². The van der Waals surface area contributed by atoms with Crippen molar-refractivity contribution < 1.29 is 22.4 Å². The van der Waals surface area contributed by atoms with Gasteiger partial charge in [0.2, 0.25) is 5.91 Å². The van der Waals surface area contributed by atoms with Crippen molar-refractivity contribution in [2.24, 2.45) is 0 Å². The number of carbonyl (C=O) groups excluding carboxylic acids is 1. The van der Waals surface area contributed by atoms with Crippen molar-refractivity contribution in [1.29, 1.82) is 0 Å². The molecule has 164 valence electrons. The molecule has 0 bridgehead atoms. The topological polar surface area (TPSA) is 53.7 Å². The van der Waals surface area contributed by atoms with E-state index in [0.717, 1.165) is 28.4 Å². The number of nitrogens with zero attached hydrogens (tertiary/aromatic N) is 5. The summed E-state index contributed by atoms with van der Waals surface area (Å²) in [4.78, 5) is 16.1. The molecule has 1 fully saturated rings. The fourth-order valence-corrected chi connectivity index (χ4v) is 4.37. The molecule has 6 nitrogen and oxygen atoms in total. The highest BCUT2D eigenvalue weighted by atomic mass is 35.5. The SMILES string of the molecule is O=C(CSc1nnc2c(Cl)cc(C(F)(F)F)cn12)N1CCN(c2ccccc2F)CC1. The second-order valence-electron chi connectivity index (χ2n) is 6.86. The maximum atomic E-state index is 13.9. The largest absolute Gasteiger partial charge is 0.417 e. The number of pyridine rings is 1. The molecule has 1 aliphatic rings. The third kappa shape index (κ3) is 4.57. The summed E-state index contributed by atoms with van der Waals surface area (Å²) >= 11 is 6.89. The lowest BCUT2D eigenvalue weighted by Gasteiger charge is -2.36. The molecule has 1 saturated heterocycles. The number of carbonyl (C=O) groups is 1. The molecule has 1 amide bonds. The van der Waals surface area contributed by atoms with Crippen LogP contribution in [0.1, 0.15) is 5.56 Å². The molecule has 3 aromatic rings. The number of aromatic nitrogens is 3. The van der Waals surface area contributed by atoms with Crippen LogP contribution >= 0.6 is 23.4 Å². The molecule has 31 heavy (non-hydrogen) atoms. The maximum Gasteiger partial charge on any atom is 0.417 e. The van der Waals surface area contributed by atoms with Crippen LogP contribution in [0.25, 0.3) is 5.65 Å². The summed E-state index contributed by atoms with van der Waals surface area (Å²) < 4.78 is 54.3. The molecule has 0 unspecified atom stereocenters. The average Bonchev–Trinajstić information content (AvgIpc) is 3.15. The molecule has 4 rings (SSSR count). The van der Waals surface area contributed by atoms with Crippen molar-refractivity contribution in [2.75, 3.05) is 36.8 Å². The van der Waals surface area contributed by atoms with Gasteiger partial charge in [0.15, 0.2) is 10.8 Å². The molecule has 1 aromatic carbocycles. The van der Waals surface area contributed by atoms with E-state index < -0.39 is 11.7 Å². The lowest BCUT2D eigenvalue weighted by molar-refractivity contribution is -0.138. The van der Waals surface area contributed by atoms with E-state index >= 15 is 0 Å². The van der Waals surface area contributed by atoms with Crippen LogP contribution in [0.2, 0.25) is 5.02 Å². The molecule has 0 spiro atoms. The summed E-state index contributed by atoms with van der Waals surface area (Å²) in [5, 5.41) is 7.63. The highest BCUT2D eigenvalue weighted by Crippen LogP contribution is 2.33. The minimum absolute atomic E-state index is 0.0195. The van der Waals surface area contributed by atoms with E-state index in [1.54, 1.807) is 23.1 Å². The number of alkyl halides is 3. The standard InChI is InChI=1S/C19H16ClF4N5OS/c20-13-9-12(19(22,23)24)10-29-17(13)25-26-18(29)31-11-16(30)28-7-5-27(6-8-28)15-4-2-1-3-14(15)21/h1-4,9-10H,5-8,11H2. The lowest BCUT2D eigenvalue weighted by atomic mass is 10.2. The van der Waals surface area contributed by atoms with Gasteiger partial charge in [-0.1, -0.05) is 35.5 Å². The van der Waals surface area contributed by atoms with Crippen LogP contribution in [0.15, 0.2) is 41.7 Å². The molecule has 0 N–H and O–H groups in total. The highest BCUT2D eigenvalue weighted by Gasteiger charge is 2.32. The van der Waals surface area contributed by atoms with Gasteiger partial charge >= 0.3 is 6.18 Å². The number of piperazine rings is 1. The maximum absolute atomic E-state index is 13.9. The van der Waals surface area contributed by atoms with Crippen LogP contribution < -0.4 is 4.90 Å². The fraction of sp³-hybridized carbons (Fsp3) is 0.316. The van der Waals surface area contributed by atoms with E-state index in [4.69, 9.17) is 11.6 Å². The normalized spacial score (nSPS) is 15.0. The summed E-state index contributed by atoms with van der Waals surface area (Å²) in [6, 6.07) is 7.25. The summed E-state index contributed by atoms with van der Waals surface area (Å²) in [6.07, 6.45) is -3.71. The van der Waals surface area contributed by atoms with Gasteiger partial charge in [-0.2, -0.15) is 13.2 Å². The quantitative estimate of drug-likeness (QED) is 0.424. The van der Waals surface area contributed by atoms with Crippen molar-refractivity contribution in [2.45, 2.75) is 11.3 Å². The molecule has 3 heterocycles. The van der Waals surface area contributed by atoms with Crippen LogP contribution in [0.5, 0.6) is 0 Å². The Hall–Kier alpha value is -2.53. The van der Waals surface area contributed by atoms with Gasteiger partial charge < -0.3 is 9.80 Å².